The molecule has 1 atom stereocenters. The van der Waals surface area contributed by atoms with Crippen LogP contribution in [0.1, 0.15) is 25.1 Å². The molecule has 70 valence electrons. The first-order chi connectivity index (χ1) is 6.11. The predicted octanol–water partition coefficient (Wildman–Crippen LogP) is 2.54. The second kappa shape index (κ2) is 4.33. The average Bonchev–Trinajstić information content (AvgIpc) is 2.53. The molecule has 0 amide bonds. The average molecular weight is 195 g/mol. The van der Waals surface area contributed by atoms with Gasteiger partial charge in [0.05, 0.1) is 0 Å². The lowest BCUT2D eigenvalue weighted by atomic mass is 10.1. The van der Waals surface area contributed by atoms with Gasteiger partial charge in [-0.1, -0.05) is 19.1 Å². The number of aromatic nitrogens is 1. The molecule has 0 radical (unpaired) electrons. The summed E-state index contributed by atoms with van der Waals surface area (Å²) in [4.78, 5) is 12.5. The van der Waals surface area contributed by atoms with Gasteiger partial charge in [-0.2, -0.15) is 0 Å². The highest BCUT2D eigenvalue weighted by atomic mass is 32.1. The van der Waals surface area contributed by atoms with Gasteiger partial charge >= 0.3 is 0 Å². The SMILES string of the molecule is CC(=S)CC(C)C(=O)n1cccc1. The van der Waals surface area contributed by atoms with Crippen molar-refractivity contribution in [3.8, 4) is 0 Å². The zero-order valence-corrected chi connectivity index (χ0v) is 8.67. The smallest absolute Gasteiger partial charge is 0.233 e. The van der Waals surface area contributed by atoms with Gasteiger partial charge in [-0.25, -0.2) is 0 Å². The van der Waals surface area contributed by atoms with Crippen LogP contribution in [-0.2, 0) is 0 Å². The number of thiocarbonyl (C=S) groups is 1. The topological polar surface area (TPSA) is 22.0 Å². The van der Waals surface area contributed by atoms with Gasteiger partial charge in [0.25, 0.3) is 0 Å². The lowest BCUT2D eigenvalue weighted by molar-refractivity contribution is 0.0849. The molecule has 0 spiro atoms. The zero-order chi connectivity index (χ0) is 9.84. The highest BCUT2D eigenvalue weighted by Crippen LogP contribution is 2.07. The van der Waals surface area contributed by atoms with Crippen LogP contribution in [0.5, 0.6) is 0 Å². The minimum atomic E-state index is -0.0232. The quantitative estimate of drug-likeness (QED) is 0.691. The number of hydrogen-bond donors (Lipinski definition) is 0. The minimum Gasteiger partial charge on any atom is -0.294 e. The van der Waals surface area contributed by atoms with E-state index in [2.05, 4.69) is 0 Å². The van der Waals surface area contributed by atoms with Gasteiger partial charge < -0.3 is 0 Å². The summed E-state index contributed by atoms with van der Waals surface area (Å²) >= 11 is 4.96. The van der Waals surface area contributed by atoms with Crippen LogP contribution in [0.25, 0.3) is 0 Å². The van der Waals surface area contributed by atoms with Crippen molar-refractivity contribution < 1.29 is 4.79 Å². The van der Waals surface area contributed by atoms with E-state index in [0.717, 1.165) is 4.86 Å². The summed E-state index contributed by atoms with van der Waals surface area (Å²) in [6.45, 7) is 3.77. The van der Waals surface area contributed by atoms with Gasteiger partial charge in [0, 0.05) is 18.3 Å². The van der Waals surface area contributed by atoms with Gasteiger partial charge in [0.1, 0.15) is 0 Å². The summed E-state index contributed by atoms with van der Waals surface area (Å²) in [5.74, 6) is 0.0825. The Morgan fingerprint density at radius 1 is 1.46 bits per heavy atom. The van der Waals surface area contributed by atoms with E-state index in [1.165, 1.54) is 0 Å². The third kappa shape index (κ3) is 2.77. The Kier molecular flexibility index (Phi) is 3.37. The van der Waals surface area contributed by atoms with E-state index in [0.29, 0.717) is 6.42 Å². The molecule has 3 heteroatoms. The summed E-state index contributed by atoms with van der Waals surface area (Å²) < 4.78 is 1.60. The van der Waals surface area contributed by atoms with Crippen molar-refractivity contribution in [1.82, 2.24) is 4.57 Å². The molecule has 0 saturated heterocycles. The molecule has 1 heterocycles. The summed E-state index contributed by atoms with van der Waals surface area (Å²) in [5, 5.41) is 0. The van der Waals surface area contributed by atoms with Crippen molar-refractivity contribution >= 4 is 23.0 Å². The molecule has 2 nitrogen and oxygen atoms in total. The standard InChI is InChI=1S/C10H13NOS/c1-8(7-9(2)13)10(12)11-5-3-4-6-11/h3-6,8H,7H2,1-2H3. The lowest BCUT2D eigenvalue weighted by Gasteiger charge is -2.09. The van der Waals surface area contributed by atoms with Gasteiger partial charge in [-0.3, -0.25) is 9.36 Å². The highest BCUT2D eigenvalue weighted by molar-refractivity contribution is 7.80. The van der Waals surface area contributed by atoms with Crippen LogP contribution in [0.2, 0.25) is 0 Å². The van der Waals surface area contributed by atoms with Crippen LogP contribution in [0, 0.1) is 5.92 Å². The Bertz CT molecular complexity index is 303. The second-order valence-electron chi connectivity index (χ2n) is 3.24. The monoisotopic (exact) mass is 195 g/mol. The van der Waals surface area contributed by atoms with Crippen LogP contribution in [0.15, 0.2) is 24.5 Å². The van der Waals surface area contributed by atoms with Crippen molar-refractivity contribution in [2.45, 2.75) is 20.3 Å². The van der Waals surface area contributed by atoms with E-state index < -0.39 is 0 Å². The van der Waals surface area contributed by atoms with E-state index >= 15 is 0 Å². The fourth-order valence-corrected chi connectivity index (χ4v) is 1.50. The maximum Gasteiger partial charge on any atom is 0.233 e. The number of nitrogens with zero attached hydrogens (tertiary/aromatic N) is 1. The molecule has 0 N–H and O–H groups in total. The first-order valence-electron chi connectivity index (χ1n) is 4.28. The minimum absolute atomic E-state index is 0.0232. The summed E-state index contributed by atoms with van der Waals surface area (Å²) in [7, 11) is 0. The Morgan fingerprint density at radius 2 is 2.00 bits per heavy atom. The Labute approximate surface area is 83.6 Å². The molecule has 1 aromatic rings. The summed E-state index contributed by atoms with van der Waals surface area (Å²) in [6, 6.07) is 3.68. The lowest BCUT2D eigenvalue weighted by Crippen LogP contribution is -2.19. The molecule has 0 fully saturated rings. The molecule has 0 bridgehead atoms. The fourth-order valence-electron chi connectivity index (χ4n) is 1.25. The van der Waals surface area contributed by atoms with Gasteiger partial charge in [0.15, 0.2) is 0 Å². The molecular formula is C10H13NOS. The van der Waals surface area contributed by atoms with Crippen LogP contribution < -0.4 is 0 Å². The van der Waals surface area contributed by atoms with E-state index in [1.807, 2.05) is 26.0 Å². The molecule has 0 aliphatic carbocycles. The van der Waals surface area contributed by atoms with Crippen molar-refractivity contribution in [2.24, 2.45) is 5.92 Å². The molecule has 1 rings (SSSR count). The van der Waals surface area contributed by atoms with Crippen LogP contribution in [0.3, 0.4) is 0 Å². The molecule has 13 heavy (non-hydrogen) atoms. The van der Waals surface area contributed by atoms with E-state index in [4.69, 9.17) is 12.2 Å². The number of rotatable bonds is 3. The number of carbonyl (C=O) groups excluding carboxylic acids is 1. The molecule has 1 unspecified atom stereocenters. The van der Waals surface area contributed by atoms with Crippen molar-refractivity contribution in [3.63, 3.8) is 0 Å². The first kappa shape index (κ1) is 10.1. The van der Waals surface area contributed by atoms with Gasteiger partial charge in [0.2, 0.25) is 5.91 Å². The maximum absolute atomic E-state index is 11.6. The van der Waals surface area contributed by atoms with E-state index in [-0.39, 0.29) is 11.8 Å². The van der Waals surface area contributed by atoms with Crippen molar-refractivity contribution in [3.05, 3.63) is 24.5 Å². The van der Waals surface area contributed by atoms with Crippen molar-refractivity contribution in [1.29, 1.82) is 0 Å². The number of hydrogen-bond acceptors (Lipinski definition) is 2. The van der Waals surface area contributed by atoms with Crippen LogP contribution in [-0.4, -0.2) is 15.3 Å². The Balaban J connectivity index is 2.63. The van der Waals surface area contributed by atoms with Gasteiger partial charge in [-0.05, 0) is 30.3 Å². The molecule has 0 aliphatic heterocycles. The third-order valence-corrected chi connectivity index (χ3v) is 2.04. The predicted molar refractivity (Wildman–Crippen MR) is 57.1 cm³/mol. The maximum atomic E-state index is 11.6. The zero-order valence-electron chi connectivity index (χ0n) is 7.86. The van der Waals surface area contributed by atoms with Gasteiger partial charge in [-0.15, -0.1) is 0 Å². The largest absolute Gasteiger partial charge is 0.294 e. The van der Waals surface area contributed by atoms with E-state index in [1.54, 1.807) is 17.0 Å². The molecule has 0 aliphatic rings. The molecular weight excluding hydrogens is 182 g/mol. The number of carbonyl (C=O) groups is 1. The van der Waals surface area contributed by atoms with Crippen LogP contribution >= 0.6 is 12.2 Å². The molecule has 0 saturated carbocycles. The third-order valence-electron chi connectivity index (χ3n) is 1.87. The Hall–Kier alpha value is -0.960. The summed E-state index contributed by atoms with van der Waals surface area (Å²) in [6.07, 6.45) is 4.21. The normalized spacial score (nSPS) is 12.5. The van der Waals surface area contributed by atoms with Crippen molar-refractivity contribution in [2.75, 3.05) is 0 Å². The molecule has 0 aromatic carbocycles. The first-order valence-corrected chi connectivity index (χ1v) is 4.68. The highest BCUT2D eigenvalue weighted by Gasteiger charge is 2.13. The second-order valence-corrected chi connectivity index (χ2v) is 3.93. The molecule has 1 aromatic heterocycles. The van der Waals surface area contributed by atoms with Crippen LogP contribution in [0.4, 0.5) is 0 Å². The van der Waals surface area contributed by atoms with E-state index in [9.17, 15) is 4.79 Å². The fraction of sp³-hybridized carbons (Fsp3) is 0.400. The summed E-state index contributed by atoms with van der Waals surface area (Å²) in [5.41, 5.74) is 0. The Morgan fingerprint density at radius 3 is 2.46 bits per heavy atom.